The van der Waals surface area contributed by atoms with Crippen molar-refractivity contribution in [3.63, 3.8) is 0 Å². The highest BCUT2D eigenvalue weighted by molar-refractivity contribution is 8.01. The number of thioether (sulfide) groups is 1. The van der Waals surface area contributed by atoms with Gasteiger partial charge in [0.1, 0.15) is 0 Å². The van der Waals surface area contributed by atoms with Gasteiger partial charge in [-0.25, -0.2) is 0 Å². The number of ether oxygens (including phenoxy) is 3. The van der Waals surface area contributed by atoms with Crippen molar-refractivity contribution < 1.29 is 19.0 Å². The maximum atomic E-state index is 12.4. The first-order valence-corrected chi connectivity index (χ1v) is 9.92. The van der Waals surface area contributed by atoms with E-state index in [9.17, 15) is 4.79 Å². The quantitative estimate of drug-likeness (QED) is 0.776. The number of carbonyl (C=O) groups is 1. The van der Waals surface area contributed by atoms with Crippen LogP contribution in [-0.4, -0.2) is 73.5 Å². The number of hydrogen-bond acceptors (Lipinski definition) is 5. The first-order chi connectivity index (χ1) is 11.2. The zero-order chi connectivity index (χ0) is 15.7. The van der Waals surface area contributed by atoms with Crippen molar-refractivity contribution in [1.29, 1.82) is 0 Å². The van der Waals surface area contributed by atoms with Crippen LogP contribution in [0, 0.1) is 11.8 Å². The van der Waals surface area contributed by atoms with E-state index < -0.39 is 0 Å². The Hall–Kier alpha value is -0.300. The van der Waals surface area contributed by atoms with Gasteiger partial charge in [-0.15, -0.1) is 11.8 Å². The van der Waals surface area contributed by atoms with Crippen LogP contribution >= 0.6 is 11.8 Å². The largest absolute Gasteiger partial charge is 0.381 e. The number of nitrogens with zero attached hydrogens (tertiary/aromatic N) is 1. The van der Waals surface area contributed by atoms with E-state index in [4.69, 9.17) is 14.2 Å². The molecule has 0 aromatic heterocycles. The van der Waals surface area contributed by atoms with Crippen LogP contribution in [0.4, 0.5) is 0 Å². The normalized spacial score (nSPS) is 34.0. The van der Waals surface area contributed by atoms with E-state index in [1.165, 1.54) is 0 Å². The standard InChI is InChI=1S/C17H27NO4S/c19-16(14-3-6-21-9-14)18-11-17(12-18)7-15(10-23-17)22-8-13-1-4-20-5-2-13/h13-15H,1-12H2/t14-,15-/m0/s1. The minimum Gasteiger partial charge on any atom is -0.381 e. The van der Waals surface area contributed by atoms with Gasteiger partial charge in [0.15, 0.2) is 0 Å². The summed E-state index contributed by atoms with van der Waals surface area (Å²) in [4.78, 5) is 14.4. The molecule has 130 valence electrons. The molecule has 4 rings (SSSR count). The fourth-order valence-corrected chi connectivity index (χ4v) is 5.66. The zero-order valence-electron chi connectivity index (χ0n) is 13.7. The molecular weight excluding hydrogens is 314 g/mol. The van der Waals surface area contributed by atoms with Crippen molar-refractivity contribution in [2.24, 2.45) is 11.8 Å². The van der Waals surface area contributed by atoms with Gasteiger partial charge in [0, 0.05) is 45.3 Å². The van der Waals surface area contributed by atoms with Gasteiger partial charge < -0.3 is 19.1 Å². The Kier molecular flexibility index (Phi) is 4.86. The lowest BCUT2D eigenvalue weighted by Crippen LogP contribution is -2.62. The molecule has 0 aromatic rings. The molecule has 4 aliphatic rings. The monoisotopic (exact) mass is 341 g/mol. The van der Waals surface area contributed by atoms with E-state index in [-0.39, 0.29) is 10.7 Å². The Bertz CT molecular complexity index is 428. The summed E-state index contributed by atoms with van der Waals surface area (Å²) in [5.74, 6) is 2.17. The molecule has 0 N–H and O–H groups in total. The van der Waals surface area contributed by atoms with E-state index in [0.717, 1.165) is 71.0 Å². The van der Waals surface area contributed by atoms with Crippen molar-refractivity contribution in [2.45, 2.75) is 36.5 Å². The van der Waals surface area contributed by atoms with Crippen LogP contribution < -0.4 is 0 Å². The molecule has 4 saturated heterocycles. The summed E-state index contributed by atoms with van der Waals surface area (Å²) in [5.41, 5.74) is 0. The van der Waals surface area contributed by atoms with E-state index in [1.807, 2.05) is 16.7 Å². The predicted molar refractivity (Wildman–Crippen MR) is 88.6 cm³/mol. The molecule has 4 aliphatic heterocycles. The number of carbonyl (C=O) groups excluding carboxylic acids is 1. The SMILES string of the molecule is O=C([C@H]1CCOC1)N1CC2(C[C@H](OCC3CCOCC3)CS2)C1. The van der Waals surface area contributed by atoms with Crippen molar-refractivity contribution in [3.8, 4) is 0 Å². The van der Waals surface area contributed by atoms with E-state index >= 15 is 0 Å². The summed E-state index contributed by atoms with van der Waals surface area (Å²) in [6.07, 6.45) is 4.64. The van der Waals surface area contributed by atoms with Crippen molar-refractivity contribution in [3.05, 3.63) is 0 Å². The molecule has 1 amide bonds. The molecule has 0 bridgehead atoms. The van der Waals surface area contributed by atoms with Gasteiger partial charge in [-0.3, -0.25) is 4.79 Å². The van der Waals surface area contributed by atoms with Crippen molar-refractivity contribution in [2.75, 3.05) is 51.9 Å². The van der Waals surface area contributed by atoms with Gasteiger partial charge in [-0.2, -0.15) is 0 Å². The molecule has 6 heteroatoms. The second-order valence-electron chi connectivity index (χ2n) is 7.46. The molecule has 0 saturated carbocycles. The summed E-state index contributed by atoms with van der Waals surface area (Å²) in [6.45, 7) is 5.83. The lowest BCUT2D eigenvalue weighted by atomic mass is 9.91. The van der Waals surface area contributed by atoms with Crippen LogP contribution in [0.3, 0.4) is 0 Å². The highest BCUT2D eigenvalue weighted by Crippen LogP contribution is 2.46. The molecule has 4 heterocycles. The Morgan fingerprint density at radius 3 is 2.70 bits per heavy atom. The minimum absolute atomic E-state index is 0.110. The number of rotatable bonds is 4. The fourth-order valence-electron chi connectivity index (χ4n) is 4.11. The highest BCUT2D eigenvalue weighted by Gasteiger charge is 2.51. The van der Waals surface area contributed by atoms with Crippen molar-refractivity contribution >= 4 is 17.7 Å². The molecule has 0 radical (unpaired) electrons. The smallest absolute Gasteiger partial charge is 0.228 e. The molecule has 0 aliphatic carbocycles. The summed E-state index contributed by atoms with van der Waals surface area (Å²) < 4.78 is 17.2. The highest BCUT2D eigenvalue weighted by atomic mass is 32.2. The summed E-state index contributed by atoms with van der Waals surface area (Å²) in [6, 6.07) is 0. The van der Waals surface area contributed by atoms with Gasteiger partial charge in [-0.05, 0) is 31.6 Å². The summed E-state index contributed by atoms with van der Waals surface area (Å²) in [5, 5.41) is 0. The maximum absolute atomic E-state index is 12.4. The average Bonchev–Trinajstić information content (AvgIpc) is 3.22. The van der Waals surface area contributed by atoms with Crippen LogP contribution in [-0.2, 0) is 19.0 Å². The number of amides is 1. The molecule has 5 nitrogen and oxygen atoms in total. The average molecular weight is 341 g/mol. The molecule has 0 aromatic carbocycles. The maximum Gasteiger partial charge on any atom is 0.228 e. The summed E-state index contributed by atoms with van der Waals surface area (Å²) >= 11 is 2.02. The minimum atomic E-state index is 0.110. The van der Waals surface area contributed by atoms with Gasteiger partial charge in [0.2, 0.25) is 5.91 Å². The lowest BCUT2D eigenvalue weighted by Gasteiger charge is -2.48. The Morgan fingerprint density at radius 2 is 1.96 bits per heavy atom. The van der Waals surface area contributed by atoms with Gasteiger partial charge in [-0.1, -0.05) is 0 Å². The number of likely N-dealkylation sites (tertiary alicyclic amines) is 1. The summed E-state index contributed by atoms with van der Waals surface area (Å²) in [7, 11) is 0. The number of hydrogen-bond donors (Lipinski definition) is 0. The first kappa shape index (κ1) is 16.2. The third-order valence-corrected chi connectivity index (χ3v) is 7.21. The third kappa shape index (κ3) is 3.55. The predicted octanol–water partition coefficient (Wildman–Crippen LogP) is 1.55. The second-order valence-corrected chi connectivity index (χ2v) is 8.95. The van der Waals surface area contributed by atoms with Crippen LogP contribution in [0.15, 0.2) is 0 Å². The van der Waals surface area contributed by atoms with Crippen LogP contribution in [0.2, 0.25) is 0 Å². The van der Waals surface area contributed by atoms with Gasteiger partial charge in [0.25, 0.3) is 0 Å². The molecular formula is C17H27NO4S. The molecule has 23 heavy (non-hydrogen) atoms. The van der Waals surface area contributed by atoms with E-state index in [1.54, 1.807) is 0 Å². The molecule has 0 unspecified atom stereocenters. The topological polar surface area (TPSA) is 48.0 Å². The van der Waals surface area contributed by atoms with Crippen LogP contribution in [0.1, 0.15) is 25.7 Å². The van der Waals surface area contributed by atoms with E-state index in [0.29, 0.717) is 24.5 Å². The molecule has 4 fully saturated rings. The Labute approximate surface area is 142 Å². The molecule has 1 spiro atoms. The van der Waals surface area contributed by atoms with Crippen LogP contribution in [0.5, 0.6) is 0 Å². The zero-order valence-corrected chi connectivity index (χ0v) is 14.5. The van der Waals surface area contributed by atoms with E-state index in [2.05, 4.69) is 0 Å². The Balaban J connectivity index is 1.19. The second kappa shape index (κ2) is 6.90. The Morgan fingerprint density at radius 1 is 1.17 bits per heavy atom. The fraction of sp³-hybridized carbons (Fsp3) is 0.941. The van der Waals surface area contributed by atoms with Crippen molar-refractivity contribution in [1.82, 2.24) is 4.90 Å². The van der Waals surface area contributed by atoms with Gasteiger partial charge >= 0.3 is 0 Å². The lowest BCUT2D eigenvalue weighted by molar-refractivity contribution is -0.141. The third-order valence-electron chi connectivity index (χ3n) is 5.63. The molecule has 2 atom stereocenters. The first-order valence-electron chi connectivity index (χ1n) is 8.94. The van der Waals surface area contributed by atoms with Gasteiger partial charge in [0.05, 0.1) is 23.4 Å². The van der Waals surface area contributed by atoms with Crippen LogP contribution in [0.25, 0.3) is 0 Å².